The Morgan fingerprint density at radius 1 is 0.583 bits per heavy atom. The molecular weight excluding hydrogens is 468 g/mol. The predicted octanol–water partition coefficient (Wildman–Crippen LogP) is -2.61. The van der Waals surface area contributed by atoms with Gasteiger partial charge in [0.05, 0.1) is 0 Å². The van der Waals surface area contributed by atoms with E-state index in [9.17, 15) is 19.2 Å². The second-order valence-electron chi connectivity index (χ2n) is 8.36. The summed E-state index contributed by atoms with van der Waals surface area (Å²) in [7, 11) is 0. The van der Waals surface area contributed by atoms with Crippen LogP contribution in [0.2, 0.25) is 0 Å². The van der Waals surface area contributed by atoms with Gasteiger partial charge in [-0.3, -0.25) is 34.2 Å². The molecule has 14 heteroatoms. The van der Waals surface area contributed by atoms with Gasteiger partial charge in [-0.25, -0.2) is 17.5 Å². The summed E-state index contributed by atoms with van der Waals surface area (Å²) in [6.07, 6.45) is 0.875. The molecule has 0 atom stereocenters. The molecule has 0 heterocycles. The number of nitrogens with one attached hydrogen (secondary N) is 1. The highest BCUT2D eigenvalue weighted by atomic mass is 16.2. The van der Waals surface area contributed by atoms with E-state index < -0.39 is 0 Å². The molecule has 0 aliphatic heterocycles. The van der Waals surface area contributed by atoms with Crippen molar-refractivity contribution in [2.45, 2.75) is 46.5 Å². The van der Waals surface area contributed by atoms with Crippen LogP contribution < -0.4 is 28.6 Å². The number of carbonyl (C=O) groups is 4. The minimum absolute atomic E-state index is 0.121. The second kappa shape index (κ2) is 19.8. The minimum atomic E-state index is -0.190. The van der Waals surface area contributed by atoms with Gasteiger partial charge in [-0.05, 0) is 20.8 Å². The fraction of sp³-hybridized carbons (Fsp3) is 0.818. The fourth-order valence-electron chi connectivity index (χ4n) is 3.23. The minimum Gasteiger partial charge on any atom is -0.355 e. The molecule has 0 spiro atoms. The molecule has 0 bridgehead atoms. The lowest BCUT2D eigenvalue weighted by Gasteiger charge is -2.28. The van der Waals surface area contributed by atoms with Crippen LogP contribution in [0, 0.1) is 0 Å². The van der Waals surface area contributed by atoms with Gasteiger partial charge in [0.25, 0.3) is 0 Å². The molecule has 0 aliphatic carbocycles. The quantitative estimate of drug-likeness (QED) is 0.0648. The summed E-state index contributed by atoms with van der Waals surface area (Å²) in [5, 5.41) is 6.22. The van der Waals surface area contributed by atoms with Crippen molar-refractivity contribution in [3.05, 3.63) is 0 Å². The van der Waals surface area contributed by atoms with Crippen LogP contribution in [-0.4, -0.2) is 120 Å². The number of nitrogens with two attached hydrogens (primary N) is 4. The van der Waals surface area contributed by atoms with Crippen LogP contribution in [0.25, 0.3) is 0 Å². The van der Waals surface area contributed by atoms with Crippen LogP contribution in [0.5, 0.6) is 0 Å². The molecule has 36 heavy (non-hydrogen) atoms. The highest BCUT2D eigenvalue weighted by Gasteiger charge is 2.17. The lowest BCUT2D eigenvalue weighted by Crippen LogP contribution is -2.44. The van der Waals surface area contributed by atoms with Crippen molar-refractivity contribution in [2.75, 3.05) is 72.0 Å². The summed E-state index contributed by atoms with van der Waals surface area (Å²) in [4.78, 5) is 52.7. The van der Waals surface area contributed by atoms with Crippen LogP contribution in [0.1, 0.15) is 46.5 Å². The zero-order chi connectivity index (χ0) is 27.5. The summed E-state index contributed by atoms with van der Waals surface area (Å²) in [5.74, 6) is 16.4. The molecule has 0 saturated carbocycles. The number of amides is 4. The monoisotopic (exact) mass is 516 g/mol. The Labute approximate surface area is 215 Å². The third-order valence-corrected chi connectivity index (χ3v) is 5.76. The number of hydrogen-bond acceptors (Lipinski definition) is 10. The molecule has 0 aromatic carbocycles. The maximum absolute atomic E-state index is 12.2. The van der Waals surface area contributed by atoms with E-state index in [1.54, 1.807) is 20.8 Å². The summed E-state index contributed by atoms with van der Waals surface area (Å²) in [6, 6.07) is 0. The second-order valence-corrected chi connectivity index (χ2v) is 8.36. The van der Waals surface area contributed by atoms with Gasteiger partial charge < -0.3 is 20.9 Å². The lowest BCUT2D eigenvalue weighted by molar-refractivity contribution is -0.133. The Balaban J connectivity index is 5.19. The van der Waals surface area contributed by atoms with E-state index in [0.29, 0.717) is 72.0 Å². The van der Waals surface area contributed by atoms with Crippen molar-refractivity contribution < 1.29 is 19.2 Å². The van der Waals surface area contributed by atoms with Crippen molar-refractivity contribution >= 4 is 23.6 Å². The average molecular weight is 517 g/mol. The third kappa shape index (κ3) is 14.9. The lowest BCUT2D eigenvalue weighted by atomic mass is 10.2. The smallest absolute Gasteiger partial charge is 0.237 e. The Morgan fingerprint density at radius 2 is 0.917 bits per heavy atom. The van der Waals surface area contributed by atoms with E-state index in [2.05, 4.69) is 5.32 Å². The first kappa shape index (κ1) is 33.6. The molecule has 0 radical (unpaired) electrons. The molecule has 9 N–H and O–H groups in total. The van der Waals surface area contributed by atoms with Crippen LogP contribution in [0.15, 0.2) is 0 Å². The number of carbonyl (C=O) groups excluding carboxylic acids is 4. The molecule has 0 aromatic rings. The Bertz CT molecular complexity index is 641. The highest BCUT2D eigenvalue weighted by Crippen LogP contribution is 2.03. The van der Waals surface area contributed by atoms with E-state index in [-0.39, 0.29) is 49.3 Å². The highest BCUT2D eigenvalue weighted by molar-refractivity contribution is 5.77. The molecule has 0 fully saturated rings. The van der Waals surface area contributed by atoms with Gasteiger partial charge in [0.15, 0.2) is 0 Å². The molecule has 14 nitrogen and oxygen atoms in total. The normalized spacial score (nSPS) is 11.0. The molecule has 0 aromatic heterocycles. The molecule has 0 aliphatic rings. The van der Waals surface area contributed by atoms with Gasteiger partial charge in [-0.1, -0.05) is 0 Å². The standard InChI is InChI=1S/C22H48N10O4/c1-4-30(24)20(34)8-14-28(13-7-19(33)27-12-11-23)17-18-29(15-9-21(35)31(25)5-2)16-10-22(36)32(26)6-3/h4-18,23-26H2,1-3H3,(H,27,33). The SMILES string of the molecule is CCN(N)C(=O)CCN(CCC(=O)NCCN)CCN(CCC(=O)N(N)CC)CCC(=O)N(N)CC. The van der Waals surface area contributed by atoms with Crippen molar-refractivity contribution in [2.24, 2.45) is 23.3 Å². The third-order valence-electron chi connectivity index (χ3n) is 5.76. The first-order chi connectivity index (χ1) is 17.1. The molecular formula is C22H48N10O4. The van der Waals surface area contributed by atoms with Gasteiger partial charge in [0.2, 0.25) is 23.6 Å². The number of hydrazine groups is 3. The van der Waals surface area contributed by atoms with E-state index in [4.69, 9.17) is 23.3 Å². The largest absolute Gasteiger partial charge is 0.355 e. The maximum Gasteiger partial charge on any atom is 0.237 e. The zero-order valence-corrected chi connectivity index (χ0v) is 22.3. The van der Waals surface area contributed by atoms with Gasteiger partial charge in [-0.2, -0.15) is 0 Å². The molecule has 0 saturated heterocycles. The predicted molar refractivity (Wildman–Crippen MR) is 138 cm³/mol. The van der Waals surface area contributed by atoms with Crippen molar-refractivity contribution in [3.63, 3.8) is 0 Å². The summed E-state index contributed by atoms with van der Waals surface area (Å²) in [5.41, 5.74) is 5.44. The number of rotatable bonds is 20. The van der Waals surface area contributed by atoms with E-state index >= 15 is 0 Å². The molecule has 0 unspecified atom stereocenters. The van der Waals surface area contributed by atoms with Crippen molar-refractivity contribution in [3.8, 4) is 0 Å². The number of hydrogen-bond donors (Lipinski definition) is 5. The van der Waals surface area contributed by atoms with E-state index in [1.165, 1.54) is 0 Å². The zero-order valence-electron chi connectivity index (χ0n) is 22.3. The Hall–Kier alpha value is -2.36. The van der Waals surface area contributed by atoms with Crippen LogP contribution in [-0.2, 0) is 19.2 Å². The topological polar surface area (TPSA) is 201 Å². The van der Waals surface area contributed by atoms with E-state index in [0.717, 1.165) is 15.0 Å². The van der Waals surface area contributed by atoms with Crippen molar-refractivity contribution in [1.29, 1.82) is 0 Å². The van der Waals surface area contributed by atoms with Gasteiger partial charge >= 0.3 is 0 Å². The summed E-state index contributed by atoms with van der Waals surface area (Å²) in [6.45, 7) is 10.1. The first-order valence-electron chi connectivity index (χ1n) is 12.7. The molecule has 4 amide bonds. The Morgan fingerprint density at radius 3 is 1.22 bits per heavy atom. The summed E-state index contributed by atoms with van der Waals surface area (Å²) < 4.78 is 0. The fourth-order valence-corrected chi connectivity index (χ4v) is 3.23. The van der Waals surface area contributed by atoms with E-state index in [1.807, 2.05) is 9.80 Å². The average Bonchev–Trinajstić information content (AvgIpc) is 2.89. The molecule has 210 valence electrons. The molecule has 0 rings (SSSR count). The van der Waals surface area contributed by atoms with Crippen LogP contribution >= 0.6 is 0 Å². The van der Waals surface area contributed by atoms with Crippen LogP contribution in [0.3, 0.4) is 0 Å². The van der Waals surface area contributed by atoms with Crippen LogP contribution in [0.4, 0.5) is 0 Å². The van der Waals surface area contributed by atoms with Gasteiger partial charge in [0.1, 0.15) is 0 Å². The Kier molecular flexibility index (Phi) is 18.5. The summed E-state index contributed by atoms with van der Waals surface area (Å²) >= 11 is 0. The van der Waals surface area contributed by atoms with Gasteiger partial charge in [-0.15, -0.1) is 0 Å². The van der Waals surface area contributed by atoms with Gasteiger partial charge in [0, 0.05) is 97.7 Å². The van der Waals surface area contributed by atoms with Crippen molar-refractivity contribution in [1.82, 2.24) is 30.1 Å². The first-order valence-corrected chi connectivity index (χ1v) is 12.7. The maximum atomic E-state index is 12.2. The number of nitrogens with zero attached hydrogens (tertiary/aromatic N) is 5.